The molecule has 2 aliphatic rings. The molecule has 1 fully saturated rings. The van der Waals surface area contributed by atoms with Crippen molar-refractivity contribution in [2.75, 3.05) is 32.1 Å². The molecule has 1 heterocycles. The molecular weight excluding hydrogens is 384 g/mol. The van der Waals surface area contributed by atoms with Gasteiger partial charge in [0.2, 0.25) is 0 Å². The molecule has 0 bridgehead atoms. The lowest BCUT2D eigenvalue weighted by Crippen LogP contribution is -2.31. The standard InChI is InChI=1S/C19H24N2O6S/c1-27-19(24)16-12-21(9-10-22)18(23)17(16)20-13-5-4-8-15(11-13)28(25,26)14-6-2-3-7-14/h4-5,8,11,14,20,22H,2-3,6-7,9-10,12H2,1H3. The molecule has 9 heteroatoms. The molecule has 1 aliphatic carbocycles. The molecule has 0 spiro atoms. The molecule has 0 saturated heterocycles. The number of sulfone groups is 1. The number of carbonyl (C=O) groups is 2. The fourth-order valence-electron chi connectivity index (χ4n) is 3.64. The van der Waals surface area contributed by atoms with Crippen molar-refractivity contribution >= 4 is 27.4 Å². The monoisotopic (exact) mass is 408 g/mol. The fraction of sp³-hybridized carbons (Fsp3) is 0.474. The Bertz CT molecular complexity index is 903. The quantitative estimate of drug-likeness (QED) is 0.649. The first-order valence-corrected chi connectivity index (χ1v) is 10.8. The molecule has 1 aromatic rings. The predicted molar refractivity (Wildman–Crippen MR) is 102 cm³/mol. The summed E-state index contributed by atoms with van der Waals surface area (Å²) in [6.45, 7) is -0.127. The van der Waals surface area contributed by atoms with Gasteiger partial charge in [-0.2, -0.15) is 0 Å². The number of amides is 1. The van der Waals surface area contributed by atoms with Gasteiger partial charge in [0.25, 0.3) is 5.91 Å². The third kappa shape index (κ3) is 3.90. The molecule has 3 rings (SSSR count). The van der Waals surface area contributed by atoms with Crippen LogP contribution in [0.3, 0.4) is 0 Å². The summed E-state index contributed by atoms with van der Waals surface area (Å²) >= 11 is 0. The molecule has 8 nitrogen and oxygen atoms in total. The number of nitrogens with one attached hydrogen (secondary N) is 1. The topological polar surface area (TPSA) is 113 Å². The van der Waals surface area contributed by atoms with Gasteiger partial charge in [-0.15, -0.1) is 0 Å². The number of nitrogens with zero attached hydrogens (tertiary/aromatic N) is 1. The van der Waals surface area contributed by atoms with E-state index < -0.39 is 21.7 Å². The minimum absolute atomic E-state index is 0.0223. The number of hydrogen-bond acceptors (Lipinski definition) is 7. The zero-order valence-corrected chi connectivity index (χ0v) is 16.5. The molecule has 1 saturated carbocycles. The molecule has 2 N–H and O–H groups in total. The number of β-amino-alcohol motifs (C(OH)–C–C–N with tert-alkyl or cyclic N) is 1. The summed E-state index contributed by atoms with van der Waals surface area (Å²) in [6.07, 6.45) is 3.14. The molecule has 1 aliphatic heterocycles. The van der Waals surface area contributed by atoms with Crippen molar-refractivity contribution in [3.05, 3.63) is 35.5 Å². The maximum atomic E-state index is 12.8. The summed E-state index contributed by atoms with van der Waals surface area (Å²) in [4.78, 5) is 26.2. The van der Waals surface area contributed by atoms with Gasteiger partial charge in [-0.25, -0.2) is 13.2 Å². The van der Waals surface area contributed by atoms with Gasteiger partial charge in [0.05, 0.1) is 36.0 Å². The van der Waals surface area contributed by atoms with Crippen LogP contribution in [-0.2, 0) is 24.2 Å². The molecule has 0 radical (unpaired) electrons. The zero-order chi connectivity index (χ0) is 20.3. The van der Waals surface area contributed by atoms with Gasteiger partial charge in [0.1, 0.15) is 5.70 Å². The highest BCUT2D eigenvalue weighted by molar-refractivity contribution is 7.92. The highest BCUT2D eigenvalue weighted by Gasteiger charge is 2.35. The third-order valence-electron chi connectivity index (χ3n) is 5.13. The Morgan fingerprint density at radius 1 is 1.32 bits per heavy atom. The lowest BCUT2D eigenvalue weighted by Gasteiger charge is -2.15. The number of anilines is 1. The molecule has 0 atom stereocenters. The second-order valence-electron chi connectivity index (χ2n) is 6.90. The minimum atomic E-state index is -3.44. The molecular formula is C19H24N2O6S. The van der Waals surface area contributed by atoms with Crippen LogP contribution in [0.2, 0.25) is 0 Å². The summed E-state index contributed by atoms with van der Waals surface area (Å²) in [5.41, 5.74) is 0.579. The Morgan fingerprint density at radius 2 is 2.04 bits per heavy atom. The predicted octanol–water partition coefficient (Wildman–Crippen LogP) is 1.08. The van der Waals surface area contributed by atoms with Gasteiger partial charge in [-0.05, 0) is 31.0 Å². The first kappa shape index (κ1) is 20.3. The molecule has 28 heavy (non-hydrogen) atoms. The van der Waals surface area contributed by atoms with Gasteiger partial charge in [-0.1, -0.05) is 18.9 Å². The zero-order valence-electron chi connectivity index (χ0n) is 15.7. The second kappa shape index (κ2) is 8.32. The fourth-order valence-corrected chi connectivity index (χ4v) is 5.53. The number of esters is 1. The minimum Gasteiger partial charge on any atom is -0.466 e. The van der Waals surface area contributed by atoms with E-state index in [9.17, 15) is 18.0 Å². The maximum Gasteiger partial charge on any atom is 0.337 e. The number of rotatable bonds is 7. The Balaban J connectivity index is 1.89. The number of methoxy groups -OCH3 is 1. The van der Waals surface area contributed by atoms with E-state index in [1.54, 1.807) is 18.2 Å². The van der Waals surface area contributed by atoms with Gasteiger partial charge < -0.3 is 20.1 Å². The average Bonchev–Trinajstić information content (AvgIpc) is 3.33. The SMILES string of the molecule is COC(=O)C1=C(Nc2cccc(S(=O)(=O)C3CCCC3)c2)C(=O)N(CCO)C1. The van der Waals surface area contributed by atoms with E-state index in [-0.39, 0.29) is 41.1 Å². The molecule has 0 unspecified atom stereocenters. The van der Waals surface area contributed by atoms with E-state index in [0.29, 0.717) is 18.5 Å². The van der Waals surface area contributed by atoms with Gasteiger partial charge >= 0.3 is 5.97 Å². The summed E-state index contributed by atoms with van der Waals surface area (Å²) in [5.74, 6) is -1.09. The van der Waals surface area contributed by atoms with Crippen LogP contribution in [0.4, 0.5) is 5.69 Å². The smallest absolute Gasteiger partial charge is 0.337 e. The van der Waals surface area contributed by atoms with Crippen LogP contribution in [-0.4, -0.2) is 62.4 Å². The van der Waals surface area contributed by atoms with Crippen molar-refractivity contribution < 1.29 is 27.9 Å². The van der Waals surface area contributed by atoms with Crippen LogP contribution < -0.4 is 5.32 Å². The van der Waals surface area contributed by atoms with Crippen LogP contribution in [0, 0.1) is 0 Å². The van der Waals surface area contributed by atoms with Crippen LogP contribution in [0.25, 0.3) is 0 Å². The van der Waals surface area contributed by atoms with Crippen LogP contribution in [0.5, 0.6) is 0 Å². The van der Waals surface area contributed by atoms with E-state index in [4.69, 9.17) is 9.84 Å². The highest BCUT2D eigenvalue weighted by atomic mass is 32.2. The molecule has 1 aromatic carbocycles. The Labute approximate surface area is 164 Å². The van der Waals surface area contributed by atoms with E-state index in [1.165, 1.54) is 18.1 Å². The first-order valence-electron chi connectivity index (χ1n) is 9.21. The van der Waals surface area contributed by atoms with E-state index in [0.717, 1.165) is 12.8 Å². The Morgan fingerprint density at radius 3 is 2.68 bits per heavy atom. The number of aliphatic hydroxyl groups excluding tert-OH is 1. The summed E-state index contributed by atoms with van der Waals surface area (Å²) in [5, 5.41) is 11.6. The Hall–Kier alpha value is -2.39. The van der Waals surface area contributed by atoms with Crippen molar-refractivity contribution in [3.63, 3.8) is 0 Å². The Kier molecular flexibility index (Phi) is 6.04. The van der Waals surface area contributed by atoms with Crippen molar-refractivity contribution in [2.24, 2.45) is 0 Å². The van der Waals surface area contributed by atoms with Crippen molar-refractivity contribution in [1.29, 1.82) is 0 Å². The summed E-state index contributed by atoms with van der Waals surface area (Å²) in [6, 6.07) is 6.27. The number of ether oxygens (including phenoxy) is 1. The first-order chi connectivity index (χ1) is 13.4. The van der Waals surface area contributed by atoms with Gasteiger partial charge in [-0.3, -0.25) is 4.79 Å². The highest BCUT2D eigenvalue weighted by Crippen LogP contribution is 2.31. The van der Waals surface area contributed by atoms with E-state index in [2.05, 4.69) is 5.32 Å². The second-order valence-corrected chi connectivity index (χ2v) is 9.13. The summed E-state index contributed by atoms with van der Waals surface area (Å²) < 4.78 is 30.4. The number of aliphatic hydroxyl groups is 1. The number of hydrogen-bond donors (Lipinski definition) is 2. The van der Waals surface area contributed by atoms with Crippen LogP contribution in [0.15, 0.2) is 40.4 Å². The van der Waals surface area contributed by atoms with Crippen molar-refractivity contribution in [2.45, 2.75) is 35.8 Å². The van der Waals surface area contributed by atoms with Gasteiger partial charge in [0.15, 0.2) is 9.84 Å². The lowest BCUT2D eigenvalue weighted by atomic mass is 10.2. The van der Waals surface area contributed by atoms with Crippen LogP contribution >= 0.6 is 0 Å². The lowest BCUT2D eigenvalue weighted by molar-refractivity contribution is -0.136. The normalized spacial score (nSPS) is 18.1. The maximum absolute atomic E-state index is 12.8. The van der Waals surface area contributed by atoms with Gasteiger partial charge in [0, 0.05) is 12.2 Å². The van der Waals surface area contributed by atoms with E-state index >= 15 is 0 Å². The largest absolute Gasteiger partial charge is 0.466 e. The number of benzene rings is 1. The molecule has 152 valence electrons. The van der Waals surface area contributed by atoms with Crippen molar-refractivity contribution in [3.8, 4) is 0 Å². The molecule has 1 amide bonds. The summed E-state index contributed by atoms with van der Waals surface area (Å²) in [7, 11) is -2.22. The molecule has 0 aromatic heterocycles. The number of carbonyl (C=O) groups excluding carboxylic acids is 2. The third-order valence-corrected chi connectivity index (χ3v) is 7.39. The van der Waals surface area contributed by atoms with Crippen molar-refractivity contribution in [1.82, 2.24) is 4.90 Å². The average molecular weight is 408 g/mol. The van der Waals surface area contributed by atoms with Crippen LogP contribution in [0.1, 0.15) is 25.7 Å². The van der Waals surface area contributed by atoms with E-state index in [1.807, 2.05) is 0 Å².